The number of aromatic nitrogens is 1. The molecular weight excluding hydrogens is 196 g/mol. The van der Waals surface area contributed by atoms with Gasteiger partial charge in [-0.05, 0) is 6.92 Å². The fraction of sp³-hybridized carbons (Fsp3) is 0.700. The number of oxazole rings is 1. The summed E-state index contributed by atoms with van der Waals surface area (Å²) in [5.41, 5.74) is 5.61. The van der Waals surface area contributed by atoms with Crippen LogP contribution in [-0.2, 0) is 10.2 Å². The highest BCUT2D eigenvalue weighted by molar-refractivity contribution is 5.33. The zero-order valence-corrected chi connectivity index (χ0v) is 9.57. The average Bonchev–Trinajstić information content (AvgIpc) is 2.47. The highest BCUT2D eigenvalue weighted by Crippen LogP contribution is 2.28. The number of hydrogen-bond acceptors (Lipinski definition) is 5. The van der Waals surface area contributed by atoms with Gasteiger partial charge in [-0.3, -0.25) is 0 Å². The van der Waals surface area contributed by atoms with E-state index in [1.165, 1.54) is 0 Å². The standard InChI is InChI=1S/C10H18N2O3/c1-5-14-8(13)6-7(11)15-9(12-6)10(2,3)4/h8,13H,5,11H2,1-4H3. The van der Waals surface area contributed by atoms with Crippen molar-refractivity contribution in [3.8, 4) is 0 Å². The van der Waals surface area contributed by atoms with Gasteiger partial charge in [0.25, 0.3) is 0 Å². The highest BCUT2D eigenvalue weighted by Gasteiger charge is 2.25. The molecule has 5 nitrogen and oxygen atoms in total. The third-order valence-electron chi connectivity index (χ3n) is 1.88. The number of aliphatic hydroxyl groups excluding tert-OH is 1. The number of nitrogens with zero attached hydrogens (tertiary/aromatic N) is 1. The molecule has 5 heteroatoms. The fourth-order valence-electron chi connectivity index (χ4n) is 1.08. The molecule has 0 spiro atoms. The van der Waals surface area contributed by atoms with Crippen LogP contribution in [0, 0.1) is 0 Å². The molecule has 86 valence electrons. The summed E-state index contributed by atoms with van der Waals surface area (Å²) in [7, 11) is 0. The van der Waals surface area contributed by atoms with Gasteiger partial charge in [0.15, 0.2) is 5.69 Å². The molecule has 0 saturated heterocycles. The van der Waals surface area contributed by atoms with E-state index in [2.05, 4.69) is 4.98 Å². The van der Waals surface area contributed by atoms with Crippen LogP contribution in [0.15, 0.2) is 4.42 Å². The number of nitrogens with two attached hydrogens (primary N) is 1. The third-order valence-corrected chi connectivity index (χ3v) is 1.88. The molecule has 0 aliphatic heterocycles. The molecule has 0 bridgehead atoms. The van der Waals surface area contributed by atoms with Crippen molar-refractivity contribution in [3.63, 3.8) is 0 Å². The second kappa shape index (κ2) is 4.20. The quantitative estimate of drug-likeness (QED) is 0.746. The molecule has 15 heavy (non-hydrogen) atoms. The van der Waals surface area contributed by atoms with Crippen molar-refractivity contribution < 1.29 is 14.3 Å². The lowest BCUT2D eigenvalue weighted by Crippen LogP contribution is -2.12. The van der Waals surface area contributed by atoms with Crippen LogP contribution in [0.3, 0.4) is 0 Å². The monoisotopic (exact) mass is 214 g/mol. The molecule has 0 radical (unpaired) electrons. The lowest BCUT2D eigenvalue weighted by molar-refractivity contribution is -0.100. The van der Waals surface area contributed by atoms with Crippen molar-refractivity contribution in [2.75, 3.05) is 12.3 Å². The summed E-state index contributed by atoms with van der Waals surface area (Å²) in [4.78, 5) is 4.13. The Hall–Kier alpha value is -1.07. The van der Waals surface area contributed by atoms with E-state index in [-0.39, 0.29) is 17.0 Å². The summed E-state index contributed by atoms with van der Waals surface area (Å²) in [5, 5.41) is 9.56. The zero-order valence-electron chi connectivity index (χ0n) is 9.57. The molecule has 1 aromatic rings. The minimum atomic E-state index is -1.12. The van der Waals surface area contributed by atoms with Gasteiger partial charge >= 0.3 is 0 Å². The number of ether oxygens (including phenoxy) is 1. The van der Waals surface area contributed by atoms with Crippen molar-refractivity contribution in [1.29, 1.82) is 0 Å². The summed E-state index contributed by atoms with van der Waals surface area (Å²) in [6, 6.07) is 0. The van der Waals surface area contributed by atoms with Gasteiger partial charge in [0, 0.05) is 12.0 Å². The van der Waals surface area contributed by atoms with E-state index < -0.39 is 6.29 Å². The number of nitrogen functional groups attached to an aromatic ring is 1. The fourth-order valence-corrected chi connectivity index (χ4v) is 1.08. The van der Waals surface area contributed by atoms with E-state index in [4.69, 9.17) is 14.9 Å². The van der Waals surface area contributed by atoms with E-state index in [9.17, 15) is 5.11 Å². The van der Waals surface area contributed by atoms with E-state index in [0.29, 0.717) is 12.5 Å². The Kier molecular flexibility index (Phi) is 3.36. The second-order valence-electron chi connectivity index (χ2n) is 4.33. The van der Waals surface area contributed by atoms with Crippen molar-refractivity contribution >= 4 is 5.88 Å². The molecule has 1 atom stereocenters. The third kappa shape index (κ3) is 2.70. The maximum absolute atomic E-state index is 9.56. The van der Waals surface area contributed by atoms with Crippen molar-refractivity contribution in [1.82, 2.24) is 4.98 Å². The predicted octanol–water partition coefficient (Wildman–Crippen LogP) is 1.58. The second-order valence-corrected chi connectivity index (χ2v) is 4.33. The van der Waals surface area contributed by atoms with Crippen LogP contribution in [0.1, 0.15) is 45.6 Å². The summed E-state index contributed by atoms with van der Waals surface area (Å²) in [6.45, 7) is 8.03. The van der Waals surface area contributed by atoms with E-state index in [1.54, 1.807) is 6.92 Å². The molecular formula is C10H18N2O3. The predicted molar refractivity (Wildman–Crippen MR) is 56.2 cm³/mol. The number of anilines is 1. The Morgan fingerprint density at radius 2 is 2.13 bits per heavy atom. The smallest absolute Gasteiger partial charge is 0.219 e. The molecule has 1 unspecified atom stereocenters. The van der Waals surface area contributed by atoms with E-state index >= 15 is 0 Å². The Bertz CT molecular complexity index is 328. The SMILES string of the molecule is CCOC(O)c1nc(C(C)(C)C)oc1N. The first-order valence-electron chi connectivity index (χ1n) is 4.92. The van der Waals surface area contributed by atoms with Gasteiger partial charge < -0.3 is 20.0 Å². The normalized spacial score (nSPS) is 14.2. The zero-order chi connectivity index (χ0) is 11.6. The van der Waals surface area contributed by atoms with Crippen LogP contribution < -0.4 is 5.73 Å². The number of aliphatic hydroxyl groups is 1. The van der Waals surface area contributed by atoms with Crippen molar-refractivity contribution in [2.24, 2.45) is 0 Å². The molecule has 1 aromatic heterocycles. The van der Waals surface area contributed by atoms with Crippen LogP contribution in [0.5, 0.6) is 0 Å². The van der Waals surface area contributed by atoms with Gasteiger partial charge in [0.1, 0.15) is 0 Å². The van der Waals surface area contributed by atoms with Crippen molar-refractivity contribution in [3.05, 3.63) is 11.6 Å². The first kappa shape index (κ1) is 12.0. The van der Waals surface area contributed by atoms with Gasteiger partial charge in [0.05, 0.1) is 0 Å². The minimum absolute atomic E-state index is 0.112. The van der Waals surface area contributed by atoms with Crippen LogP contribution in [-0.4, -0.2) is 16.7 Å². The average molecular weight is 214 g/mol. The summed E-state index contributed by atoms with van der Waals surface area (Å²) < 4.78 is 10.3. The Morgan fingerprint density at radius 1 is 1.53 bits per heavy atom. The molecule has 0 aliphatic carbocycles. The van der Waals surface area contributed by atoms with Crippen molar-refractivity contribution in [2.45, 2.75) is 39.4 Å². The minimum Gasteiger partial charge on any atom is -0.424 e. The molecule has 1 rings (SSSR count). The number of rotatable bonds is 3. The first-order chi connectivity index (χ1) is 6.86. The number of hydrogen-bond donors (Lipinski definition) is 2. The lowest BCUT2D eigenvalue weighted by Gasteiger charge is -2.12. The van der Waals surface area contributed by atoms with E-state index in [1.807, 2.05) is 20.8 Å². The summed E-state index contributed by atoms with van der Waals surface area (Å²) in [5.74, 6) is 0.606. The van der Waals surface area contributed by atoms with Gasteiger partial charge in [-0.2, -0.15) is 0 Å². The Labute approximate surface area is 89.2 Å². The molecule has 1 heterocycles. The summed E-state index contributed by atoms with van der Waals surface area (Å²) in [6.07, 6.45) is -1.12. The van der Waals surface area contributed by atoms with E-state index in [0.717, 1.165) is 0 Å². The highest BCUT2D eigenvalue weighted by atomic mass is 16.6. The molecule has 0 saturated carbocycles. The van der Waals surface area contributed by atoms with Gasteiger partial charge in [-0.25, -0.2) is 4.98 Å². The Balaban J connectivity index is 2.96. The van der Waals surface area contributed by atoms with Crippen LogP contribution in [0.4, 0.5) is 5.88 Å². The summed E-state index contributed by atoms with van der Waals surface area (Å²) >= 11 is 0. The first-order valence-corrected chi connectivity index (χ1v) is 4.92. The van der Waals surface area contributed by atoms with Crippen LogP contribution in [0.2, 0.25) is 0 Å². The van der Waals surface area contributed by atoms with Gasteiger partial charge in [-0.15, -0.1) is 0 Å². The maximum Gasteiger partial charge on any atom is 0.219 e. The maximum atomic E-state index is 9.56. The molecule has 0 aromatic carbocycles. The largest absolute Gasteiger partial charge is 0.424 e. The lowest BCUT2D eigenvalue weighted by atomic mass is 9.97. The van der Waals surface area contributed by atoms with Gasteiger partial charge in [-0.1, -0.05) is 20.8 Å². The molecule has 0 aliphatic rings. The molecule has 0 amide bonds. The molecule has 3 N–H and O–H groups in total. The topological polar surface area (TPSA) is 81.5 Å². The Morgan fingerprint density at radius 3 is 2.53 bits per heavy atom. The van der Waals surface area contributed by atoms with Crippen LogP contribution in [0.25, 0.3) is 0 Å². The van der Waals surface area contributed by atoms with Gasteiger partial charge in [0.2, 0.25) is 18.1 Å². The van der Waals surface area contributed by atoms with Crippen LogP contribution >= 0.6 is 0 Å². The molecule has 0 fully saturated rings.